The molecule has 0 saturated heterocycles. The Morgan fingerprint density at radius 1 is 1.15 bits per heavy atom. The van der Waals surface area contributed by atoms with Crippen molar-refractivity contribution in [3.8, 4) is 0 Å². The number of amides is 1. The zero-order valence-electron chi connectivity index (χ0n) is 15.2. The van der Waals surface area contributed by atoms with Gasteiger partial charge in [0, 0.05) is 49.1 Å². The number of hydrogen-bond donors (Lipinski definition) is 1. The van der Waals surface area contributed by atoms with Gasteiger partial charge in [-0.2, -0.15) is 0 Å². The van der Waals surface area contributed by atoms with Crippen molar-refractivity contribution in [2.75, 3.05) is 23.8 Å². The van der Waals surface area contributed by atoms with Gasteiger partial charge in [-0.3, -0.25) is 9.78 Å². The van der Waals surface area contributed by atoms with E-state index in [0.717, 1.165) is 18.5 Å². The van der Waals surface area contributed by atoms with Gasteiger partial charge in [-0.15, -0.1) is 0 Å². The zero-order valence-corrected chi connectivity index (χ0v) is 15.9. The molecule has 0 aliphatic heterocycles. The lowest BCUT2D eigenvalue weighted by Crippen LogP contribution is -2.23. The molecule has 2 aromatic heterocycles. The van der Waals surface area contributed by atoms with Crippen LogP contribution in [0.4, 0.5) is 11.6 Å². The van der Waals surface area contributed by atoms with Crippen LogP contribution in [0.5, 0.6) is 0 Å². The third-order valence-corrected chi connectivity index (χ3v) is 4.40. The van der Waals surface area contributed by atoms with Crippen molar-refractivity contribution < 1.29 is 4.79 Å². The van der Waals surface area contributed by atoms with Crippen LogP contribution in [-0.2, 0) is 6.42 Å². The SMILES string of the molecule is Cc1cc(Cl)ccc1NC(=O)c1cnc(N(C)CCc2ccncc2)nc1. The van der Waals surface area contributed by atoms with E-state index in [2.05, 4.69) is 20.3 Å². The second kappa shape index (κ2) is 8.60. The fourth-order valence-corrected chi connectivity index (χ4v) is 2.77. The van der Waals surface area contributed by atoms with E-state index in [-0.39, 0.29) is 5.91 Å². The average molecular weight is 382 g/mol. The first-order chi connectivity index (χ1) is 13.0. The van der Waals surface area contributed by atoms with Crippen LogP contribution in [0, 0.1) is 6.92 Å². The molecular formula is C20H20ClN5O. The molecule has 0 aliphatic carbocycles. The molecule has 7 heteroatoms. The maximum absolute atomic E-state index is 12.4. The molecule has 0 atom stereocenters. The van der Waals surface area contributed by atoms with Gasteiger partial charge in [0.05, 0.1) is 5.56 Å². The third kappa shape index (κ3) is 5.01. The van der Waals surface area contributed by atoms with Gasteiger partial charge in [0.25, 0.3) is 5.91 Å². The van der Waals surface area contributed by atoms with E-state index in [1.165, 1.54) is 18.0 Å². The highest BCUT2D eigenvalue weighted by atomic mass is 35.5. The maximum atomic E-state index is 12.4. The lowest BCUT2D eigenvalue weighted by molar-refractivity contribution is 0.102. The Kier molecular flexibility index (Phi) is 5.98. The number of pyridine rings is 1. The summed E-state index contributed by atoms with van der Waals surface area (Å²) in [5.74, 6) is 0.315. The normalized spacial score (nSPS) is 10.5. The molecular weight excluding hydrogens is 362 g/mol. The Balaban J connectivity index is 1.61. The van der Waals surface area contributed by atoms with Crippen molar-refractivity contribution >= 4 is 29.1 Å². The average Bonchev–Trinajstić information content (AvgIpc) is 2.69. The summed E-state index contributed by atoms with van der Waals surface area (Å²) in [5.41, 5.74) is 3.20. The number of benzene rings is 1. The van der Waals surface area contributed by atoms with Crippen LogP contribution < -0.4 is 10.2 Å². The summed E-state index contributed by atoms with van der Waals surface area (Å²) in [4.78, 5) is 27.0. The predicted molar refractivity (Wildman–Crippen MR) is 107 cm³/mol. The van der Waals surface area contributed by atoms with Crippen molar-refractivity contribution in [3.63, 3.8) is 0 Å². The second-order valence-electron chi connectivity index (χ2n) is 6.21. The molecule has 2 heterocycles. The standard InChI is InChI=1S/C20H20ClN5O/c1-14-11-17(21)3-4-18(14)25-19(27)16-12-23-20(24-13-16)26(2)10-7-15-5-8-22-9-6-15/h3-6,8-9,11-13H,7,10H2,1-2H3,(H,25,27). The van der Waals surface area contributed by atoms with E-state index >= 15 is 0 Å². The van der Waals surface area contributed by atoms with Crippen molar-refractivity contribution in [2.45, 2.75) is 13.3 Å². The number of carbonyl (C=O) groups is 1. The summed E-state index contributed by atoms with van der Waals surface area (Å²) in [6.07, 6.45) is 7.49. The van der Waals surface area contributed by atoms with Crippen LogP contribution in [0.15, 0.2) is 55.1 Å². The topological polar surface area (TPSA) is 71.0 Å². The first kappa shape index (κ1) is 18.8. The van der Waals surface area contributed by atoms with Crippen molar-refractivity contribution in [3.05, 3.63) is 76.8 Å². The molecule has 1 amide bonds. The quantitative estimate of drug-likeness (QED) is 0.703. The van der Waals surface area contributed by atoms with Crippen molar-refractivity contribution in [1.82, 2.24) is 15.0 Å². The number of carbonyl (C=O) groups excluding carboxylic acids is 1. The summed E-state index contributed by atoms with van der Waals surface area (Å²) >= 11 is 5.94. The van der Waals surface area contributed by atoms with Crippen molar-refractivity contribution in [2.24, 2.45) is 0 Å². The van der Waals surface area contributed by atoms with Gasteiger partial charge in [0.1, 0.15) is 0 Å². The highest BCUT2D eigenvalue weighted by molar-refractivity contribution is 6.30. The fraction of sp³-hybridized carbons (Fsp3) is 0.200. The lowest BCUT2D eigenvalue weighted by Gasteiger charge is -2.17. The van der Waals surface area contributed by atoms with Crippen LogP contribution in [0.3, 0.4) is 0 Å². The molecule has 0 radical (unpaired) electrons. The number of rotatable bonds is 6. The number of nitrogens with zero attached hydrogens (tertiary/aromatic N) is 4. The summed E-state index contributed by atoms with van der Waals surface area (Å²) in [6.45, 7) is 2.65. The second-order valence-corrected chi connectivity index (χ2v) is 6.65. The fourth-order valence-electron chi connectivity index (χ4n) is 2.54. The third-order valence-electron chi connectivity index (χ3n) is 4.16. The number of likely N-dealkylation sites (N-methyl/N-ethyl adjacent to an activating group) is 1. The molecule has 0 saturated carbocycles. The Morgan fingerprint density at radius 2 is 1.85 bits per heavy atom. The Bertz CT molecular complexity index is 915. The largest absolute Gasteiger partial charge is 0.344 e. The Morgan fingerprint density at radius 3 is 2.52 bits per heavy atom. The monoisotopic (exact) mass is 381 g/mol. The van der Waals surface area contributed by atoms with Crippen LogP contribution in [0.25, 0.3) is 0 Å². The van der Waals surface area contributed by atoms with Gasteiger partial charge in [-0.1, -0.05) is 11.6 Å². The van der Waals surface area contributed by atoms with Gasteiger partial charge in [-0.05, 0) is 54.8 Å². The molecule has 0 spiro atoms. The minimum Gasteiger partial charge on any atom is -0.344 e. The molecule has 0 fully saturated rings. The Hall–Kier alpha value is -2.99. The Labute approximate surface area is 163 Å². The lowest BCUT2D eigenvalue weighted by atomic mass is 10.2. The van der Waals surface area contributed by atoms with Crippen LogP contribution in [-0.4, -0.2) is 34.5 Å². The minimum absolute atomic E-state index is 0.258. The molecule has 27 heavy (non-hydrogen) atoms. The molecule has 0 bridgehead atoms. The number of nitrogens with one attached hydrogen (secondary N) is 1. The van der Waals surface area contributed by atoms with Crippen LogP contribution in [0.1, 0.15) is 21.5 Å². The number of aromatic nitrogens is 3. The van der Waals surface area contributed by atoms with E-state index in [1.807, 2.05) is 31.0 Å². The van der Waals surface area contributed by atoms with E-state index in [0.29, 0.717) is 22.2 Å². The van der Waals surface area contributed by atoms with E-state index in [4.69, 9.17) is 11.6 Å². The van der Waals surface area contributed by atoms with Crippen LogP contribution >= 0.6 is 11.6 Å². The van der Waals surface area contributed by atoms with Crippen LogP contribution in [0.2, 0.25) is 5.02 Å². The van der Waals surface area contributed by atoms with Gasteiger partial charge < -0.3 is 10.2 Å². The number of halogens is 1. The summed E-state index contributed by atoms with van der Waals surface area (Å²) in [7, 11) is 1.92. The highest BCUT2D eigenvalue weighted by Crippen LogP contribution is 2.20. The zero-order chi connectivity index (χ0) is 19.2. The smallest absolute Gasteiger partial charge is 0.258 e. The first-order valence-corrected chi connectivity index (χ1v) is 8.90. The molecule has 6 nitrogen and oxygen atoms in total. The summed E-state index contributed by atoms with van der Waals surface area (Å²) < 4.78 is 0. The van der Waals surface area contributed by atoms with Gasteiger partial charge in [0.15, 0.2) is 0 Å². The van der Waals surface area contributed by atoms with Crippen molar-refractivity contribution in [1.29, 1.82) is 0 Å². The summed E-state index contributed by atoms with van der Waals surface area (Å²) in [6, 6.07) is 9.29. The summed E-state index contributed by atoms with van der Waals surface area (Å²) in [5, 5.41) is 3.48. The first-order valence-electron chi connectivity index (χ1n) is 8.52. The molecule has 1 N–H and O–H groups in total. The molecule has 3 aromatic rings. The number of anilines is 2. The predicted octanol–water partition coefficient (Wildman–Crippen LogP) is 3.76. The maximum Gasteiger partial charge on any atom is 0.258 e. The van der Waals surface area contributed by atoms with E-state index in [1.54, 1.807) is 30.6 Å². The molecule has 3 rings (SSSR count). The van der Waals surface area contributed by atoms with Gasteiger partial charge in [0.2, 0.25) is 5.95 Å². The van der Waals surface area contributed by atoms with Gasteiger partial charge >= 0.3 is 0 Å². The van der Waals surface area contributed by atoms with E-state index in [9.17, 15) is 4.79 Å². The molecule has 0 aliphatic rings. The highest BCUT2D eigenvalue weighted by Gasteiger charge is 2.11. The number of hydrogen-bond acceptors (Lipinski definition) is 5. The molecule has 138 valence electrons. The molecule has 0 unspecified atom stereocenters. The number of aryl methyl sites for hydroxylation is 1. The molecule has 1 aromatic carbocycles. The van der Waals surface area contributed by atoms with Gasteiger partial charge in [-0.25, -0.2) is 9.97 Å². The van der Waals surface area contributed by atoms with E-state index < -0.39 is 0 Å². The minimum atomic E-state index is -0.258.